The Hall–Kier alpha value is -3.29. The number of hydrogen-bond donors (Lipinski definition) is 2. The van der Waals surface area contributed by atoms with Crippen LogP contribution in [0.5, 0.6) is 17.2 Å². The topological polar surface area (TPSA) is 98.8 Å². The number of benzene rings is 1. The van der Waals surface area contributed by atoms with E-state index in [-0.39, 0.29) is 0 Å². The first-order chi connectivity index (χ1) is 14.1. The Kier molecular flexibility index (Phi) is 7.63. The Balaban J connectivity index is 2.04. The lowest BCUT2D eigenvalue weighted by atomic mass is 10.2. The molecule has 0 aliphatic heterocycles. The van der Waals surface area contributed by atoms with Crippen molar-refractivity contribution in [1.82, 2.24) is 10.3 Å². The quantitative estimate of drug-likeness (QED) is 0.694. The van der Waals surface area contributed by atoms with Crippen molar-refractivity contribution in [1.29, 1.82) is 0 Å². The van der Waals surface area contributed by atoms with Crippen molar-refractivity contribution in [3.05, 3.63) is 42.1 Å². The Morgan fingerprint density at radius 1 is 1.13 bits per heavy atom. The number of rotatable bonds is 7. The van der Waals surface area contributed by atoms with E-state index in [1.807, 2.05) is 19.1 Å². The van der Waals surface area contributed by atoms with Gasteiger partial charge < -0.3 is 24.8 Å². The van der Waals surface area contributed by atoms with Gasteiger partial charge in [-0.2, -0.15) is 0 Å². The molecule has 0 radical (unpaired) electrons. The fourth-order valence-corrected chi connectivity index (χ4v) is 2.56. The second-order valence-electron chi connectivity index (χ2n) is 7.71. The van der Waals surface area contributed by atoms with Gasteiger partial charge in [0.1, 0.15) is 34.7 Å². The highest BCUT2D eigenvalue weighted by Gasteiger charge is 2.23. The van der Waals surface area contributed by atoms with E-state index >= 15 is 0 Å². The third-order valence-corrected chi connectivity index (χ3v) is 4.01. The summed E-state index contributed by atoms with van der Waals surface area (Å²) in [7, 11) is 1.60. The van der Waals surface area contributed by atoms with Crippen LogP contribution in [0.2, 0.25) is 0 Å². The molecule has 8 heteroatoms. The summed E-state index contributed by atoms with van der Waals surface area (Å²) in [5.41, 5.74) is 0.348. The van der Waals surface area contributed by atoms with Crippen LogP contribution in [0, 0.1) is 6.92 Å². The van der Waals surface area contributed by atoms with Crippen LogP contribution in [0.3, 0.4) is 0 Å². The Labute approximate surface area is 176 Å². The zero-order valence-corrected chi connectivity index (χ0v) is 18.2. The summed E-state index contributed by atoms with van der Waals surface area (Å²) in [5.74, 6) is 1.72. The minimum absolute atomic E-state index is 0.306. The van der Waals surface area contributed by atoms with Crippen molar-refractivity contribution in [3.63, 3.8) is 0 Å². The molecule has 0 spiro atoms. The second-order valence-corrected chi connectivity index (χ2v) is 7.71. The smallest absolute Gasteiger partial charge is 0.408 e. The van der Waals surface area contributed by atoms with E-state index in [1.165, 1.54) is 6.20 Å². The molecule has 0 saturated heterocycles. The number of nitrogens with zero attached hydrogens (tertiary/aromatic N) is 1. The van der Waals surface area contributed by atoms with E-state index in [4.69, 9.17) is 14.2 Å². The van der Waals surface area contributed by atoms with Crippen molar-refractivity contribution in [2.24, 2.45) is 0 Å². The molecule has 0 unspecified atom stereocenters. The minimum atomic E-state index is -0.757. The van der Waals surface area contributed by atoms with Crippen LogP contribution in [0.15, 0.2) is 36.5 Å². The van der Waals surface area contributed by atoms with Gasteiger partial charge in [-0.1, -0.05) is 13.0 Å². The number of carbonyl (C=O) groups excluding carboxylic acids is 2. The lowest BCUT2D eigenvalue weighted by Crippen LogP contribution is -2.45. The van der Waals surface area contributed by atoms with Crippen molar-refractivity contribution in [2.45, 2.75) is 52.7 Å². The Bertz CT molecular complexity index is 893. The van der Waals surface area contributed by atoms with Gasteiger partial charge in [-0.05, 0) is 51.8 Å². The summed E-state index contributed by atoms with van der Waals surface area (Å²) in [6, 6.07) is 8.03. The van der Waals surface area contributed by atoms with Gasteiger partial charge in [-0.15, -0.1) is 0 Å². The van der Waals surface area contributed by atoms with Gasteiger partial charge in [-0.3, -0.25) is 4.79 Å². The third-order valence-electron chi connectivity index (χ3n) is 4.01. The van der Waals surface area contributed by atoms with Gasteiger partial charge >= 0.3 is 6.09 Å². The van der Waals surface area contributed by atoms with Gasteiger partial charge in [-0.25, -0.2) is 9.78 Å². The summed E-state index contributed by atoms with van der Waals surface area (Å²) in [4.78, 5) is 28.7. The normalized spacial score (nSPS) is 11.9. The van der Waals surface area contributed by atoms with Crippen LogP contribution in [0.1, 0.15) is 39.7 Å². The molecular formula is C22H29N3O5. The van der Waals surface area contributed by atoms with E-state index in [0.29, 0.717) is 29.5 Å². The molecule has 30 heavy (non-hydrogen) atoms. The lowest BCUT2D eigenvalue weighted by molar-refractivity contribution is -0.118. The first-order valence-electron chi connectivity index (χ1n) is 9.70. The molecule has 1 aromatic heterocycles. The summed E-state index contributed by atoms with van der Waals surface area (Å²) in [5, 5.41) is 5.26. The number of anilines is 1. The van der Waals surface area contributed by atoms with Gasteiger partial charge in [0, 0.05) is 18.3 Å². The van der Waals surface area contributed by atoms with Crippen molar-refractivity contribution >= 4 is 17.8 Å². The third kappa shape index (κ3) is 6.95. The van der Waals surface area contributed by atoms with E-state index in [0.717, 1.165) is 5.56 Å². The van der Waals surface area contributed by atoms with Crippen molar-refractivity contribution < 1.29 is 23.8 Å². The molecule has 0 saturated carbocycles. The zero-order valence-electron chi connectivity index (χ0n) is 18.2. The monoisotopic (exact) mass is 415 g/mol. The number of aromatic nitrogens is 1. The largest absolute Gasteiger partial charge is 0.496 e. The van der Waals surface area contributed by atoms with Crippen LogP contribution in [0.25, 0.3) is 0 Å². The highest BCUT2D eigenvalue weighted by Crippen LogP contribution is 2.28. The number of amides is 2. The maximum atomic E-state index is 12.6. The molecule has 162 valence electrons. The SMILES string of the molecule is CC[C@@H](NC(=O)OC(C)(C)C)C(=O)Nc1cc(Oc2ccc(C)c(OC)c2)ccn1. The van der Waals surface area contributed by atoms with Gasteiger partial charge in [0.25, 0.3) is 0 Å². The van der Waals surface area contributed by atoms with Crippen LogP contribution >= 0.6 is 0 Å². The molecule has 0 bridgehead atoms. The standard InChI is InChI=1S/C22H29N3O5/c1-7-17(24-21(27)30-22(3,4)5)20(26)25-19-13-16(10-11-23-19)29-15-9-8-14(2)18(12-15)28-6/h8-13,17H,7H2,1-6H3,(H,24,27)(H,23,25,26)/t17-/m1/s1. The van der Waals surface area contributed by atoms with Crippen molar-refractivity contribution in [3.8, 4) is 17.2 Å². The Morgan fingerprint density at radius 3 is 2.47 bits per heavy atom. The molecular weight excluding hydrogens is 386 g/mol. The summed E-state index contributed by atoms with van der Waals surface area (Å²) in [6.07, 6.45) is 1.27. The number of carbonyl (C=O) groups is 2. The number of methoxy groups -OCH3 is 1. The zero-order chi connectivity index (χ0) is 22.3. The van der Waals surface area contributed by atoms with E-state index in [1.54, 1.807) is 53.0 Å². The second kappa shape index (κ2) is 9.96. The molecule has 1 heterocycles. The average Bonchev–Trinajstić information content (AvgIpc) is 2.66. The number of alkyl carbamates (subject to hydrolysis) is 1. The first-order valence-corrected chi connectivity index (χ1v) is 9.70. The molecule has 0 fully saturated rings. The number of aryl methyl sites for hydroxylation is 1. The molecule has 2 rings (SSSR count). The van der Waals surface area contributed by atoms with Crippen molar-refractivity contribution in [2.75, 3.05) is 12.4 Å². The molecule has 2 aromatic rings. The first kappa shape index (κ1) is 23.0. The highest BCUT2D eigenvalue weighted by atomic mass is 16.6. The summed E-state index contributed by atoms with van der Waals surface area (Å²) in [6.45, 7) is 9.00. The highest BCUT2D eigenvalue weighted by molar-refractivity contribution is 5.95. The summed E-state index contributed by atoms with van der Waals surface area (Å²) < 4.78 is 16.4. The molecule has 8 nitrogen and oxygen atoms in total. The van der Waals surface area contributed by atoms with Gasteiger partial charge in [0.2, 0.25) is 5.91 Å². The molecule has 1 atom stereocenters. The number of ether oxygens (including phenoxy) is 3. The van der Waals surface area contributed by atoms with Crippen LogP contribution in [-0.2, 0) is 9.53 Å². The maximum absolute atomic E-state index is 12.6. The average molecular weight is 415 g/mol. The maximum Gasteiger partial charge on any atom is 0.408 e. The molecule has 2 amide bonds. The van der Waals surface area contributed by atoms with E-state index < -0.39 is 23.6 Å². The fourth-order valence-electron chi connectivity index (χ4n) is 2.56. The van der Waals surface area contributed by atoms with Gasteiger partial charge in [0.05, 0.1) is 7.11 Å². The molecule has 0 aliphatic rings. The van der Waals surface area contributed by atoms with Crippen LogP contribution in [0.4, 0.5) is 10.6 Å². The van der Waals surface area contributed by atoms with Gasteiger partial charge in [0.15, 0.2) is 0 Å². The molecule has 2 N–H and O–H groups in total. The van der Waals surface area contributed by atoms with Crippen LogP contribution in [-0.4, -0.2) is 35.7 Å². The summed E-state index contributed by atoms with van der Waals surface area (Å²) >= 11 is 0. The van der Waals surface area contributed by atoms with E-state index in [9.17, 15) is 9.59 Å². The number of hydrogen-bond acceptors (Lipinski definition) is 6. The number of nitrogens with one attached hydrogen (secondary N) is 2. The number of pyridine rings is 1. The molecule has 1 aromatic carbocycles. The predicted octanol–water partition coefficient (Wildman–Crippen LogP) is 4.43. The molecule has 0 aliphatic carbocycles. The Morgan fingerprint density at radius 2 is 1.83 bits per heavy atom. The van der Waals surface area contributed by atoms with E-state index in [2.05, 4.69) is 15.6 Å². The fraction of sp³-hybridized carbons (Fsp3) is 0.409. The van der Waals surface area contributed by atoms with Crippen LogP contribution < -0.4 is 20.1 Å². The lowest BCUT2D eigenvalue weighted by Gasteiger charge is -2.22. The predicted molar refractivity (Wildman–Crippen MR) is 114 cm³/mol. The minimum Gasteiger partial charge on any atom is -0.496 e.